The molecule has 0 spiro atoms. The van der Waals surface area contributed by atoms with E-state index in [2.05, 4.69) is 4.98 Å². The number of ether oxygens (including phenoxy) is 1. The Bertz CT molecular complexity index is 575. The molecule has 2 aromatic rings. The van der Waals surface area contributed by atoms with E-state index in [1.54, 1.807) is 43.8 Å². The number of aliphatic hydroxyl groups is 1. The lowest BCUT2D eigenvalue weighted by atomic mass is 10.0. The number of halogens is 2. The van der Waals surface area contributed by atoms with Crippen LogP contribution in [0, 0.1) is 0 Å². The van der Waals surface area contributed by atoms with Crippen molar-refractivity contribution in [3.8, 4) is 5.75 Å². The van der Waals surface area contributed by atoms with Crippen molar-refractivity contribution in [1.82, 2.24) is 4.98 Å². The van der Waals surface area contributed by atoms with Crippen LogP contribution in [-0.4, -0.2) is 17.2 Å². The second-order valence-electron chi connectivity index (χ2n) is 4.04. The molecule has 3 nitrogen and oxygen atoms in total. The zero-order valence-electron chi connectivity index (χ0n) is 10.3. The van der Waals surface area contributed by atoms with Gasteiger partial charge in [0.15, 0.2) is 0 Å². The van der Waals surface area contributed by atoms with Gasteiger partial charge in [-0.25, -0.2) is 0 Å². The average Bonchev–Trinajstić information content (AvgIpc) is 2.40. The van der Waals surface area contributed by atoms with E-state index in [1.807, 2.05) is 0 Å². The molecule has 0 fully saturated rings. The molecule has 1 aromatic carbocycles. The van der Waals surface area contributed by atoms with Gasteiger partial charge in [-0.1, -0.05) is 29.3 Å². The number of benzene rings is 1. The van der Waals surface area contributed by atoms with Gasteiger partial charge in [-0.05, 0) is 23.8 Å². The van der Waals surface area contributed by atoms with Gasteiger partial charge >= 0.3 is 0 Å². The summed E-state index contributed by atoms with van der Waals surface area (Å²) in [6.07, 6.45) is 2.75. The van der Waals surface area contributed by atoms with Crippen molar-refractivity contribution in [3.05, 3.63) is 57.8 Å². The van der Waals surface area contributed by atoms with E-state index in [4.69, 9.17) is 27.9 Å². The molecule has 5 heteroatoms. The average molecular weight is 298 g/mol. The summed E-state index contributed by atoms with van der Waals surface area (Å²) >= 11 is 12.2. The molecule has 0 saturated heterocycles. The predicted octanol–water partition coefficient (Wildman–Crippen LogP) is 3.67. The van der Waals surface area contributed by atoms with Gasteiger partial charge in [-0.2, -0.15) is 0 Å². The maximum atomic E-state index is 10.3. The fourth-order valence-electron chi connectivity index (χ4n) is 1.90. The first kappa shape index (κ1) is 14.1. The molecule has 0 aliphatic heterocycles. The molecule has 1 atom stereocenters. The Morgan fingerprint density at radius 3 is 2.74 bits per heavy atom. The van der Waals surface area contributed by atoms with Crippen molar-refractivity contribution in [2.24, 2.45) is 0 Å². The third-order valence-corrected chi connectivity index (χ3v) is 3.51. The van der Waals surface area contributed by atoms with Crippen molar-refractivity contribution in [3.63, 3.8) is 0 Å². The summed E-state index contributed by atoms with van der Waals surface area (Å²) in [5.41, 5.74) is 1.38. The second kappa shape index (κ2) is 6.24. The van der Waals surface area contributed by atoms with Crippen LogP contribution < -0.4 is 4.74 Å². The molecule has 2 rings (SSSR count). The molecular formula is C14H13Cl2NO2. The molecule has 19 heavy (non-hydrogen) atoms. The Morgan fingerprint density at radius 2 is 2.05 bits per heavy atom. The summed E-state index contributed by atoms with van der Waals surface area (Å²) in [7, 11) is 1.54. The van der Waals surface area contributed by atoms with Gasteiger partial charge in [0.1, 0.15) is 5.75 Å². The van der Waals surface area contributed by atoms with Crippen molar-refractivity contribution in [1.29, 1.82) is 0 Å². The summed E-state index contributed by atoms with van der Waals surface area (Å²) in [6, 6.07) is 7.03. The van der Waals surface area contributed by atoms with Crippen molar-refractivity contribution >= 4 is 23.2 Å². The number of rotatable bonds is 4. The highest BCUT2D eigenvalue weighted by Gasteiger charge is 2.18. The minimum atomic E-state index is -0.788. The second-order valence-corrected chi connectivity index (χ2v) is 4.86. The van der Waals surface area contributed by atoms with E-state index in [-0.39, 0.29) is 0 Å². The summed E-state index contributed by atoms with van der Waals surface area (Å²) in [4.78, 5) is 3.91. The molecule has 0 bridgehead atoms. The van der Waals surface area contributed by atoms with Crippen molar-refractivity contribution in [2.45, 2.75) is 12.5 Å². The lowest BCUT2D eigenvalue weighted by molar-refractivity contribution is 0.174. The van der Waals surface area contributed by atoms with Gasteiger partial charge in [0.25, 0.3) is 0 Å². The number of nitrogens with zero attached hydrogens (tertiary/aromatic N) is 1. The maximum Gasteiger partial charge on any atom is 0.126 e. The Balaban J connectivity index is 2.30. The minimum Gasteiger partial charge on any atom is -0.496 e. The normalized spacial score (nSPS) is 12.2. The quantitative estimate of drug-likeness (QED) is 0.936. The lowest BCUT2D eigenvalue weighted by Crippen LogP contribution is -2.05. The number of aromatic nitrogens is 1. The Kier molecular flexibility index (Phi) is 4.64. The molecule has 0 radical (unpaired) electrons. The predicted molar refractivity (Wildman–Crippen MR) is 75.9 cm³/mol. The topological polar surface area (TPSA) is 42.4 Å². The zero-order valence-corrected chi connectivity index (χ0v) is 11.8. The van der Waals surface area contributed by atoms with Crippen LogP contribution >= 0.6 is 23.2 Å². The third-order valence-electron chi connectivity index (χ3n) is 2.84. The van der Waals surface area contributed by atoms with Crippen molar-refractivity contribution in [2.75, 3.05) is 7.11 Å². The van der Waals surface area contributed by atoms with Crippen LogP contribution in [0.3, 0.4) is 0 Å². The van der Waals surface area contributed by atoms with Crippen LogP contribution in [-0.2, 0) is 6.42 Å². The highest BCUT2D eigenvalue weighted by Crippen LogP contribution is 2.34. The van der Waals surface area contributed by atoms with Crippen LogP contribution in [0.5, 0.6) is 5.75 Å². The number of hydrogen-bond acceptors (Lipinski definition) is 3. The van der Waals surface area contributed by atoms with Gasteiger partial charge in [-0.15, -0.1) is 0 Å². The standard InChI is InChI=1S/C14H13Cl2NO2/c1-19-13-4-2-3-10(15)14(13)12(18)7-9-5-6-17-8-11(9)16/h2-6,8,12,18H,7H2,1H3. The minimum absolute atomic E-state index is 0.349. The molecule has 1 unspecified atom stereocenters. The molecule has 100 valence electrons. The summed E-state index contributed by atoms with van der Waals surface area (Å²) in [6.45, 7) is 0. The largest absolute Gasteiger partial charge is 0.496 e. The highest BCUT2D eigenvalue weighted by atomic mass is 35.5. The fraction of sp³-hybridized carbons (Fsp3) is 0.214. The molecule has 0 aliphatic rings. The van der Waals surface area contributed by atoms with E-state index in [0.29, 0.717) is 27.8 Å². The molecule has 0 amide bonds. The molecule has 0 aliphatic carbocycles. The molecule has 0 saturated carbocycles. The summed E-state index contributed by atoms with van der Waals surface area (Å²) in [5.74, 6) is 0.560. The monoisotopic (exact) mass is 297 g/mol. The van der Waals surface area contributed by atoms with Crippen LogP contribution in [0.2, 0.25) is 10.0 Å². The van der Waals surface area contributed by atoms with E-state index in [0.717, 1.165) is 5.56 Å². The number of pyridine rings is 1. The SMILES string of the molecule is COc1cccc(Cl)c1C(O)Cc1ccncc1Cl. The fourth-order valence-corrected chi connectivity index (χ4v) is 2.39. The van der Waals surface area contributed by atoms with E-state index < -0.39 is 6.10 Å². The Labute approximate surface area is 121 Å². The number of methoxy groups -OCH3 is 1. The zero-order chi connectivity index (χ0) is 13.8. The first-order chi connectivity index (χ1) is 9.13. The first-order valence-corrected chi connectivity index (χ1v) is 6.48. The molecule has 1 heterocycles. The molecule has 1 aromatic heterocycles. The maximum absolute atomic E-state index is 10.3. The molecular weight excluding hydrogens is 285 g/mol. The van der Waals surface area contributed by atoms with E-state index in [1.165, 1.54) is 0 Å². The van der Waals surface area contributed by atoms with Gasteiger partial charge in [0.05, 0.1) is 23.3 Å². The number of aliphatic hydroxyl groups excluding tert-OH is 1. The first-order valence-electron chi connectivity index (χ1n) is 5.72. The van der Waals surface area contributed by atoms with E-state index in [9.17, 15) is 5.11 Å². The molecule has 1 N–H and O–H groups in total. The van der Waals surface area contributed by atoms with Crippen LogP contribution in [0.1, 0.15) is 17.2 Å². The smallest absolute Gasteiger partial charge is 0.126 e. The van der Waals surface area contributed by atoms with Crippen LogP contribution in [0.4, 0.5) is 0 Å². The van der Waals surface area contributed by atoms with E-state index >= 15 is 0 Å². The Hall–Kier alpha value is -1.29. The van der Waals surface area contributed by atoms with Gasteiger partial charge in [0, 0.05) is 24.4 Å². The third kappa shape index (κ3) is 3.18. The number of hydrogen-bond donors (Lipinski definition) is 1. The van der Waals surface area contributed by atoms with Gasteiger partial charge in [-0.3, -0.25) is 4.98 Å². The highest BCUT2D eigenvalue weighted by molar-refractivity contribution is 6.31. The summed E-state index contributed by atoms with van der Waals surface area (Å²) in [5, 5.41) is 11.3. The Morgan fingerprint density at radius 1 is 1.26 bits per heavy atom. The van der Waals surface area contributed by atoms with Gasteiger partial charge in [0.2, 0.25) is 0 Å². The van der Waals surface area contributed by atoms with Crippen LogP contribution in [0.25, 0.3) is 0 Å². The van der Waals surface area contributed by atoms with Crippen LogP contribution in [0.15, 0.2) is 36.7 Å². The lowest BCUT2D eigenvalue weighted by Gasteiger charge is -2.16. The van der Waals surface area contributed by atoms with Crippen molar-refractivity contribution < 1.29 is 9.84 Å². The van der Waals surface area contributed by atoms with Gasteiger partial charge < -0.3 is 9.84 Å². The summed E-state index contributed by atoms with van der Waals surface area (Å²) < 4.78 is 5.23.